The summed E-state index contributed by atoms with van der Waals surface area (Å²) in [6, 6.07) is 26.5. The summed E-state index contributed by atoms with van der Waals surface area (Å²) in [5.74, 6) is 1.12. The van der Waals surface area contributed by atoms with E-state index in [1.54, 1.807) is 13.3 Å². The third kappa shape index (κ3) is 7.94. The molecule has 0 aliphatic carbocycles. The average Bonchev–Trinajstić information content (AvgIpc) is 3.36. The zero-order valence-electron chi connectivity index (χ0n) is 29.8. The number of nitrogens with zero attached hydrogens (tertiary/aromatic N) is 4. The number of hydrogen-bond donors (Lipinski definition) is 0. The molecule has 50 heavy (non-hydrogen) atoms. The molecular formula is C41H44N4O4S. The van der Waals surface area contributed by atoms with Gasteiger partial charge in [0, 0.05) is 57.0 Å². The molecular weight excluding hydrogens is 645 g/mol. The quantitative estimate of drug-likeness (QED) is 0.0929. The van der Waals surface area contributed by atoms with E-state index < -0.39 is 5.41 Å². The van der Waals surface area contributed by atoms with E-state index in [0.29, 0.717) is 32.1 Å². The van der Waals surface area contributed by atoms with Gasteiger partial charge in [0.1, 0.15) is 12.4 Å². The summed E-state index contributed by atoms with van der Waals surface area (Å²) in [7, 11) is 1.62. The van der Waals surface area contributed by atoms with Gasteiger partial charge in [-0.1, -0.05) is 57.2 Å². The van der Waals surface area contributed by atoms with E-state index in [1.807, 2.05) is 81.2 Å². The number of esters is 1. The zero-order valence-corrected chi connectivity index (χ0v) is 30.6. The molecule has 0 unspecified atom stereocenters. The highest BCUT2D eigenvalue weighted by Gasteiger charge is 2.34. The maximum Gasteiger partial charge on any atom is 0.311 e. The van der Waals surface area contributed by atoms with Crippen LogP contribution in [0.2, 0.25) is 0 Å². The summed E-state index contributed by atoms with van der Waals surface area (Å²) in [6.07, 6.45) is 4.10. The summed E-state index contributed by atoms with van der Waals surface area (Å²) in [6.45, 7) is 13.7. The number of carbonyl (C=O) groups is 1. The summed E-state index contributed by atoms with van der Waals surface area (Å²) >= 11 is 1.81. The van der Waals surface area contributed by atoms with Crippen molar-refractivity contribution in [3.05, 3.63) is 108 Å². The molecule has 0 saturated heterocycles. The minimum Gasteiger partial charge on any atom is -0.487 e. The second-order valence-corrected chi connectivity index (χ2v) is 15.8. The van der Waals surface area contributed by atoms with E-state index in [-0.39, 0.29) is 10.7 Å². The van der Waals surface area contributed by atoms with Gasteiger partial charge in [0.25, 0.3) is 0 Å². The van der Waals surface area contributed by atoms with E-state index in [4.69, 9.17) is 19.2 Å². The van der Waals surface area contributed by atoms with Crippen LogP contribution in [0.5, 0.6) is 11.6 Å². The lowest BCUT2D eigenvalue weighted by Gasteiger charge is -2.26. The molecule has 0 spiro atoms. The number of carbonyl (C=O) groups excluding carboxylic acids is 1. The van der Waals surface area contributed by atoms with Crippen LogP contribution in [0.4, 0.5) is 0 Å². The number of benzene rings is 3. The van der Waals surface area contributed by atoms with Crippen molar-refractivity contribution in [2.75, 3.05) is 13.7 Å². The van der Waals surface area contributed by atoms with Gasteiger partial charge in [0.15, 0.2) is 0 Å². The standard InChI is InChI=1S/C41H44N4O4S/c1-8-48-39(46)41(5,6)22-36-38(50-40(2,3)4)32-21-31(49-26-30-24-42-33-11-9-10-12-34(33)44-30)18-19-35(32)45(36)25-27-13-15-28(16-14-27)29-17-20-37(47-7)43-23-29/h9-21,23-24H,8,22,25-26H2,1-7H3. The van der Waals surface area contributed by atoms with Crippen molar-refractivity contribution in [3.63, 3.8) is 0 Å². The smallest absolute Gasteiger partial charge is 0.311 e. The maximum absolute atomic E-state index is 13.2. The summed E-state index contributed by atoms with van der Waals surface area (Å²) in [4.78, 5) is 28.0. The van der Waals surface area contributed by atoms with Crippen molar-refractivity contribution in [3.8, 4) is 22.8 Å². The van der Waals surface area contributed by atoms with Crippen molar-refractivity contribution in [2.45, 2.75) is 70.8 Å². The van der Waals surface area contributed by atoms with Crippen molar-refractivity contribution >= 4 is 39.7 Å². The number of thioether (sulfide) groups is 1. The van der Waals surface area contributed by atoms with Crippen molar-refractivity contribution in [1.82, 2.24) is 19.5 Å². The van der Waals surface area contributed by atoms with E-state index >= 15 is 0 Å². The van der Waals surface area contributed by atoms with Gasteiger partial charge in [-0.2, -0.15) is 0 Å². The van der Waals surface area contributed by atoms with Gasteiger partial charge in [-0.15, -0.1) is 11.8 Å². The molecule has 0 radical (unpaired) electrons. The molecule has 3 heterocycles. The number of hydrogen-bond acceptors (Lipinski definition) is 8. The van der Waals surface area contributed by atoms with Crippen LogP contribution in [-0.2, 0) is 29.1 Å². The lowest BCUT2D eigenvalue weighted by Crippen LogP contribution is -2.30. The first-order chi connectivity index (χ1) is 23.9. The Labute approximate surface area is 298 Å². The first-order valence-electron chi connectivity index (χ1n) is 16.9. The summed E-state index contributed by atoms with van der Waals surface area (Å²) < 4.78 is 19.4. The minimum absolute atomic E-state index is 0.0898. The lowest BCUT2D eigenvalue weighted by atomic mass is 9.87. The fourth-order valence-corrected chi connectivity index (χ4v) is 7.10. The zero-order chi connectivity index (χ0) is 35.5. The predicted molar refractivity (Wildman–Crippen MR) is 201 cm³/mol. The molecule has 0 aliphatic heterocycles. The molecule has 0 N–H and O–H groups in total. The number of para-hydroxylation sites is 2. The highest BCUT2D eigenvalue weighted by Crippen LogP contribution is 2.44. The number of rotatable bonds is 12. The van der Waals surface area contributed by atoms with Crippen LogP contribution >= 0.6 is 11.8 Å². The minimum atomic E-state index is -0.741. The van der Waals surface area contributed by atoms with Gasteiger partial charge < -0.3 is 18.8 Å². The number of ether oxygens (including phenoxy) is 3. The molecule has 0 amide bonds. The van der Waals surface area contributed by atoms with Crippen LogP contribution in [0, 0.1) is 5.41 Å². The summed E-state index contributed by atoms with van der Waals surface area (Å²) in [5, 5.41) is 1.09. The van der Waals surface area contributed by atoms with Crippen LogP contribution < -0.4 is 9.47 Å². The van der Waals surface area contributed by atoms with Gasteiger partial charge in [0.05, 0.1) is 42.1 Å². The number of aromatic nitrogens is 4. The number of methoxy groups -OCH3 is 1. The van der Waals surface area contributed by atoms with Crippen molar-refractivity contribution in [2.24, 2.45) is 5.41 Å². The summed E-state index contributed by atoms with van der Waals surface area (Å²) in [5.41, 5.74) is 7.13. The number of fused-ring (bicyclic) bond motifs is 2. The Morgan fingerprint density at radius 1 is 0.860 bits per heavy atom. The Morgan fingerprint density at radius 2 is 1.60 bits per heavy atom. The largest absolute Gasteiger partial charge is 0.487 e. The van der Waals surface area contributed by atoms with Crippen LogP contribution in [0.15, 0.2) is 96.2 Å². The van der Waals surface area contributed by atoms with E-state index in [0.717, 1.165) is 60.7 Å². The predicted octanol–water partition coefficient (Wildman–Crippen LogP) is 9.30. The molecule has 0 aliphatic rings. The van der Waals surface area contributed by atoms with Gasteiger partial charge in [-0.25, -0.2) is 9.97 Å². The fourth-order valence-electron chi connectivity index (χ4n) is 5.92. The molecule has 0 fully saturated rings. The molecule has 8 nitrogen and oxygen atoms in total. The monoisotopic (exact) mass is 688 g/mol. The lowest BCUT2D eigenvalue weighted by molar-refractivity contribution is -0.153. The normalized spacial score (nSPS) is 12.0. The third-order valence-corrected chi connectivity index (χ3v) is 9.67. The van der Waals surface area contributed by atoms with Gasteiger partial charge in [0.2, 0.25) is 5.88 Å². The Morgan fingerprint density at radius 3 is 2.28 bits per heavy atom. The van der Waals surface area contributed by atoms with Crippen LogP contribution in [-0.4, -0.2) is 44.0 Å². The average molecular weight is 689 g/mol. The molecule has 0 bridgehead atoms. The Kier molecular flexibility index (Phi) is 10.2. The molecule has 9 heteroatoms. The highest BCUT2D eigenvalue weighted by atomic mass is 32.2. The second-order valence-electron chi connectivity index (χ2n) is 14.0. The third-order valence-electron chi connectivity index (χ3n) is 8.40. The molecule has 3 aromatic carbocycles. The van der Waals surface area contributed by atoms with Gasteiger partial charge in [-0.05, 0) is 68.3 Å². The van der Waals surface area contributed by atoms with Crippen LogP contribution in [0.25, 0.3) is 33.1 Å². The SMILES string of the molecule is CCOC(=O)C(C)(C)Cc1c(SC(C)(C)C)c2cc(OCc3cnc4ccccc4n3)ccc2n1Cc1ccc(-c2ccc(OC)nc2)cc1. The maximum atomic E-state index is 13.2. The van der Waals surface area contributed by atoms with Crippen LogP contribution in [0.1, 0.15) is 58.5 Å². The van der Waals surface area contributed by atoms with E-state index in [2.05, 4.69) is 71.7 Å². The fraction of sp³-hybridized carbons (Fsp3) is 0.317. The van der Waals surface area contributed by atoms with E-state index in [1.165, 1.54) is 0 Å². The van der Waals surface area contributed by atoms with Crippen molar-refractivity contribution < 1.29 is 19.0 Å². The Bertz CT molecular complexity index is 2120. The first-order valence-corrected chi connectivity index (χ1v) is 17.7. The van der Waals surface area contributed by atoms with Crippen LogP contribution in [0.3, 0.4) is 0 Å². The molecule has 6 aromatic rings. The first kappa shape index (κ1) is 35.0. The highest BCUT2D eigenvalue weighted by molar-refractivity contribution is 8.00. The second kappa shape index (κ2) is 14.5. The van der Waals surface area contributed by atoms with Gasteiger partial charge >= 0.3 is 5.97 Å². The van der Waals surface area contributed by atoms with E-state index in [9.17, 15) is 4.79 Å². The van der Waals surface area contributed by atoms with Crippen molar-refractivity contribution in [1.29, 1.82) is 0 Å². The molecule has 3 aromatic heterocycles. The molecule has 258 valence electrons. The Hall–Kier alpha value is -4.89. The molecule has 0 atom stereocenters. The Balaban J connectivity index is 1.39. The van der Waals surface area contributed by atoms with Gasteiger partial charge in [-0.3, -0.25) is 9.78 Å². The number of pyridine rings is 1. The molecule has 0 saturated carbocycles. The topological polar surface area (TPSA) is 88.4 Å². The molecule has 6 rings (SSSR count).